The molecule has 44 heavy (non-hydrogen) atoms. The van der Waals surface area contributed by atoms with E-state index in [1.807, 2.05) is 153 Å². The monoisotopic (exact) mass is 580 g/mol. The van der Waals surface area contributed by atoms with E-state index in [1.165, 1.54) is 22.3 Å². The Kier molecular flexibility index (Phi) is 9.96. The lowest BCUT2D eigenvalue weighted by molar-refractivity contribution is 0.469. The highest BCUT2D eigenvalue weighted by Crippen LogP contribution is 2.28. The highest BCUT2D eigenvalue weighted by Gasteiger charge is 2.02. The molecule has 0 N–H and O–H groups in total. The molecular formula is C40H36O4. The van der Waals surface area contributed by atoms with Gasteiger partial charge in [0.2, 0.25) is 0 Å². The minimum absolute atomic E-state index is 0.792. The fourth-order valence-corrected chi connectivity index (χ4v) is 4.19. The summed E-state index contributed by atoms with van der Waals surface area (Å²) in [6.07, 6.45) is 0. The van der Waals surface area contributed by atoms with E-state index in [0.717, 1.165) is 46.0 Å². The summed E-state index contributed by atoms with van der Waals surface area (Å²) in [6.45, 7) is 8.22. The Hall–Kier alpha value is -5.48. The minimum atomic E-state index is 0.792. The molecule has 0 amide bonds. The third-order valence-corrected chi connectivity index (χ3v) is 6.64. The highest BCUT2D eigenvalue weighted by atomic mass is 16.5. The van der Waals surface area contributed by atoms with E-state index in [4.69, 9.17) is 18.9 Å². The van der Waals surface area contributed by atoms with Gasteiger partial charge in [0, 0.05) is 0 Å². The van der Waals surface area contributed by atoms with Crippen LogP contribution in [0.15, 0.2) is 146 Å². The van der Waals surface area contributed by atoms with Crippen molar-refractivity contribution in [1.82, 2.24) is 0 Å². The standard InChI is InChI=1S/2C20H18O2/c1-15-3-7-17(8-4-15)21-19-11-13-20(14-12-19)22-18-9-5-16(2)6-10-18;1-15-6-8-17(9-7-15)21-18-10-12-19(13-11-18)22-20-5-3-4-16(2)14-20/h2*3-14H,1-2H3. The van der Waals surface area contributed by atoms with E-state index in [2.05, 4.69) is 20.8 Å². The summed E-state index contributed by atoms with van der Waals surface area (Å²) in [5.74, 6) is 6.50. The Balaban J connectivity index is 0.000000175. The predicted octanol–water partition coefficient (Wildman–Crippen LogP) is 11.8. The van der Waals surface area contributed by atoms with Crippen LogP contribution in [0.25, 0.3) is 0 Å². The summed E-state index contributed by atoms with van der Waals surface area (Å²) < 4.78 is 23.2. The lowest BCUT2D eigenvalue weighted by Crippen LogP contribution is -1.87. The summed E-state index contributed by atoms with van der Waals surface area (Å²) in [5, 5.41) is 0. The van der Waals surface area contributed by atoms with Gasteiger partial charge in [0.05, 0.1) is 0 Å². The largest absolute Gasteiger partial charge is 0.457 e. The molecule has 0 aromatic heterocycles. The number of hydrogen-bond acceptors (Lipinski definition) is 4. The molecule has 4 heteroatoms. The van der Waals surface area contributed by atoms with Crippen molar-refractivity contribution in [3.05, 3.63) is 168 Å². The molecule has 0 heterocycles. The maximum Gasteiger partial charge on any atom is 0.127 e. The minimum Gasteiger partial charge on any atom is -0.457 e. The number of hydrogen-bond donors (Lipinski definition) is 0. The second kappa shape index (κ2) is 14.6. The zero-order chi connectivity index (χ0) is 30.7. The third kappa shape index (κ3) is 9.27. The van der Waals surface area contributed by atoms with Gasteiger partial charge in [-0.1, -0.05) is 65.2 Å². The van der Waals surface area contributed by atoms with E-state index in [9.17, 15) is 0 Å². The highest BCUT2D eigenvalue weighted by molar-refractivity contribution is 5.40. The van der Waals surface area contributed by atoms with E-state index in [0.29, 0.717) is 0 Å². The smallest absolute Gasteiger partial charge is 0.127 e. The van der Waals surface area contributed by atoms with Crippen molar-refractivity contribution in [3.63, 3.8) is 0 Å². The molecule has 0 fully saturated rings. The Morgan fingerprint density at radius 2 is 0.500 bits per heavy atom. The number of rotatable bonds is 8. The van der Waals surface area contributed by atoms with Crippen molar-refractivity contribution in [1.29, 1.82) is 0 Å². The van der Waals surface area contributed by atoms with Gasteiger partial charge in [-0.15, -0.1) is 0 Å². The first kappa shape index (κ1) is 30.0. The fraction of sp³-hybridized carbons (Fsp3) is 0.100. The van der Waals surface area contributed by atoms with Gasteiger partial charge in [-0.25, -0.2) is 0 Å². The van der Waals surface area contributed by atoms with Gasteiger partial charge in [-0.2, -0.15) is 0 Å². The zero-order valence-corrected chi connectivity index (χ0v) is 25.5. The van der Waals surface area contributed by atoms with Gasteiger partial charge in [-0.3, -0.25) is 0 Å². The molecule has 6 aromatic carbocycles. The summed E-state index contributed by atoms with van der Waals surface area (Å²) in [4.78, 5) is 0. The van der Waals surface area contributed by atoms with Gasteiger partial charge >= 0.3 is 0 Å². The van der Waals surface area contributed by atoms with E-state index >= 15 is 0 Å². The topological polar surface area (TPSA) is 36.9 Å². The van der Waals surface area contributed by atoms with Crippen molar-refractivity contribution >= 4 is 0 Å². The van der Waals surface area contributed by atoms with Crippen LogP contribution in [0.4, 0.5) is 0 Å². The van der Waals surface area contributed by atoms with Gasteiger partial charge in [-0.05, 0) is 130 Å². The second-order valence-corrected chi connectivity index (χ2v) is 10.6. The summed E-state index contributed by atoms with van der Waals surface area (Å²) in [5.41, 5.74) is 4.83. The lowest BCUT2D eigenvalue weighted by Gasteiger charge is -2.09. The Labute approximate surface area is 260 Å². The van der Waals surface area contributed by atoms with E-state index in [1.54, 1.807) is 0 Å². The predicted molar refractivity (Wildman–Crippen MR) is 178 cm³/mol. The van der Waals surface area contributed by atoms with Gasteiger partial charge in [0.1, 0.15) is 46.0 Å². The van der Waals surface area contributed by atoms with Crippen molar-refractivity contribution in [2.45, 2.75) is 27.7 Å². The van der Waals surface area contributed by atoms with Crippen LogP contribution in [0.2, 0.25) is 0 Å². The molecule has 6 aromatic rings. The molecule has 0 aliphatic carbocycles. The zero-order valence-electron chi connectivity index (χ0n) is 25.5. The summed E-state index contributed by atoms with van der Waals surface area (Å²) in [7, 11) is 0. The van der Waals surface area contributed by atoms with Crippen LogP contribution in [0, 0.1) is 27.7 Å². The van der Waals surface area contributed by atoms with Crippen molar-refractivity contribution in [2.75, 3.05) is 0 Å². The number of aryl methyl sites for hydroxylation is 4. The lowest BCUT2D eigenvalue weighted by atomic mass is 10.2. The first-order valence-corrected chi connectivity index (χ1v) is 14.6. The average molecular weight is 581 g/mol. The van der Waals surface area contributed by atoms with Crippen LogP contribution >= 0.6 is 0 Å². The quantitative estimate of drug-likeness (QED) is 0.179. The molecular weight excluding hydrogens is 544 g/mol. The molecule has 0 saturated heterocycles. The summed E-state index contributed by atoms with van der Waals surface area (Å²) >= 11 is 0. The molecule has 0 saturated carbocycles. The van der Waals surface area contributed by atoms with Crippen LogP contribution in [-0.4, -0.2) is 0 Å². The van der Waals surface area contributed by atoms with Crippen molar-refractivity contribution in [3.8, 4) is 46.0 Å². The molecule has 0 spiro atoms. The van der Waals surface area contributed by atoms with Crippen LogP contribution in [0.3, 0.4) is 0 Å². The van der Waals surface area contributed by atoms with Gasteiger partial charge in [0.15, 0.2) is 0 Å². The molecule has 0 aliphatic rings. The number of benzene rings is 6. The molecule has 6 rings (SSSR count). The van der Waals surface area contributed by atoms with Gasteiger partial charge < -0.3 is 18.9 Å². The van der Waals surface area contributed by atoms with Crippen LogP contribution in [0.1, 0.15) is 22.3 Å². The third-order valence-electron chi connectivity index (χ3n) is 6.64. The maximum atomic E-state index is 5.82. The van der Waals surface area contributed by atoms with Crippen LogP contribution in [-0.2, 0) is 0 Å². The molecule has 0 radical (unpaired) electrons. The first-order valence-electron chi connectivity index (χ1n) is 14.6. The average Bonchev–Trinajstić information content (AvgIpc) is 3.03. The van der Waals surface area contributed by atoms with Crippen LogP contribution < -0.4 is 18.9 Å². The second-order valence-electron chi connectivity index (χ2n) is 10.6. The SMILES string of the molecule is Cc1ccc(Oc2ccc(Oc3ccc(C)cc3)cc2)cc1.Cc1ccc(Oc2ccc(Oc3cccc(C)c3)cc2)cc1. The van der Waals surface area contributed by atoms with E-state index in [-0.39, 0.29) is 0 Å². The van der Waals surface area contributed by atoms with Gasteiger partial charge in [0.25, 0.3) is 0 Å². The molecule has 0 atom stereocenters. The molecule has 0 unspecified atom stereocenters. The Morgan fingerprint density at radius 1 is 0.250 bits per heavy atom. The van der Waals surface area contributed by atoms with Crippen molar-refractivity contribution < 1.29 is 18.9 Å². The maximum absolute atomic E-state index is 5.82. The molecule has 0 aliphatic heterocycles. The van der Waals surface area contributed by atoms with Crippen LogP contribution in [0.5, 0.6) is 46.0 Å². The molecule has 0 bridgehead atoms. The normalized spacial score (nSPS) is 10.3. The van der Waals surface area contributed by atoms with E-state index < -0.39 is 0 Å². The first-order chi connectivity index (χ1) is 21.4. The Bertz CT molecular complexity index is 1670. The van der Waals surface area contributed by atoms with Crippen molar-refractivity contribution in [2.24, 2.45) is 0 Å². The Morgan fingerprint density at radius 3 is 0.773 bits per heavy atom. The summed E-state index contributed by atoms with van der Waals surface area (Å²) in [6, 6.07) is 47.2. The number of ether oxygens (including phenoxy) is 4. The fourth-order valence-electron chi connectivity index (χ4n) is 4.19. The molecule has 220 valence electrons. The molecule has 4 nitrogen and oxygen atoms in total.